The second-order valence-corrected chi connectivity index (χ2v) is 8.41. The molecule has 3 rings (SSSR count). The van der Waals surface area contributed by atoms with Crippen molar-refractivity contribution < 1.29 is 8.42 Å². The van der Waals surface area contributed by atoms with E-state index in [-0.39, 0.29) is 6.54 Å². The lowest BCUT2D eigenvalue weighted by molar-refractivity contribution is 0.580. The van der Waals surface area contributed by atoms with E-state index in [0.717, 1.165) is 29.1 Å². The summed E-state index contributed by atoms with van der Waals surface area (Å²) in [5.41, 5.74) is 2.46. The molecule has 0 amide bonds. The van der Waals surface area contributed by atoms with Gasteiger partial charge in [0.25, 0.3) is 0 Å². The van der Waals surface area contributed by atoms with E-state index in [4.69, 9.17) is 0 Å². The fourth-order valence-electron chi connectivity index (χ4n) is 2.60. The predicted molar refractivity (Wildman–Crippen MR) is 84.0 cm³/mol. The molecule has 6 heteroatoms. The maximum atomic E-state index is 12.4. The van der Waals surface area contributed by atoms with Gasteiger partial charge in [-0.25, -0.2) is 18.1 Å². The van der Waals surface area contributed by atoms with E-state index in [1.54, 1.807) is 12.3 Å². The van der Waals surface area contributed by atoms with Crippen molar-refractivity contribution >= 4 is 21.4 Å². The van der Waals surface area contributed by atoms with E-state index in [2.05, 4.69) is 9.71 Å². The molecule has 21 heavy (non-hydrogen) atoms. The second kappa shape index (κ2) is 5.87. The summed E-state index contributed by atoms with van der Waals surface area (Å²) in [5, 5.41) is 0.786. The van der Waals surface area contributed by atoms with Crippen LogP contribution in [0.3, 0.4) is 0 Å². The van der Waals surface area contributed by atoms with Crippen LogP contribution in [0, 0.1) is 6.92 Å². The summed E-state index contributed by atoms with van der Waals surface area (Å²) in [5.74, 6) is 0. The number of nitrogens with one attached hydrogen (secondary N) is 1. The highest BCUT2D eigenvalue weighted by Gasteiger charge is 2.17. The van der Waals surface area contributed by atoms with E-state index in [9.17, 15) is 8.42 Å². The van der Waals surface area contributed by atoms with Gasteiger partial charge in [0.05, 0.1) is 11.4 Å². The van der Waals surface area contributed by atoms with Gasteiger partial charge in [-0.1, -0.05) is 6.07 Å². The molecule has 1 aliphatic rings. The SMILES string of the molecule is Cc1cnc(CNS(=O)(=O)c2ccc3c(c2)CCCC3)s1. The smallest absolute Gasteiger partial charge is 0.240 e. The van der Waals surface area contributed by atoms with Crippen molar-refractivity contribution in [1.82, 2.24) is 9.71 Å². The molecule has 2 aromatic rings. The fraction of sp³-hybridized carbons (Fsp3) is 0.400. The maximum Gasteiger partial charge on any atom is 0.240 e. The summed E-state index contributed by atoms with van der Waals surface area (Å²) in [6.07, 6.45) is 6.13. The number of thiazole rings is 1. The third-order valence-corrected chi connectivity index (χ3v) is 6.02. The number of aryl methyl sites for hydroxylation is 3. The van der Waals surface area contributed by atoms with Gasteiger partial charge in [0.15, 0.2) is 0 Å². The van der Waals surface area contributed by atoms with Gasteiger partial charge >= 0.3 is 0 Å². The summed E-state index contributed by atoms with van der Waals surface area (Å²) in [6.45, 7) is 2.21. The summed E-state index contributed by atoms with van der Waals surface area (Å²) >= 11 is 1.51. The molecular weight excluding hydrogens is 304 g/mol. The lowest BCUT2D eigenvalue weighted by Crippen LogP contribution is -2.23. The predicted octanol–water partition coefficient (Wildman–Crippen LogP) is 2.81. The first-order chi connectivity index (χ1) is 10.0. The number of sulfonamides is 1. The lowest BCUT2D eigenvalue weighted by atomic mass is 9.92. The number of fused-ring (bicyclic) bond motifs is 1. The molecule has 0 aliphatic heterocycles. The lowest BCUT2D eigenvalue weighted by Gasteiger charge is -2.16. The minimum atomic E-state index is -3.47. The Balaban J connectivity index is 1.78. The molecule has 0 spiro atoms. The fourth-order valence-corrected chi connectivity index (χ4v) is 4.46. The van der Waals surface area contributed by atoms with Gasteiger partial charge in [-0.3, -0.25) is 0 Å². The number of aromatic nitrogens is 1. The standard InChI is InChI=1S/C15H18N2O2S2/c1-11-9-16-15(20-11)10-17-21(18,19)14-7-6-12-4-2-3-5-13(12)8-14/h6-9,17H,2-5,10H2,1H3. The highest BCUT2D eigenvalue weighted by molar-refractivity contribution is 7.89. The van der Waals surface area contributed by atoms with Gasteiger partial charge in [-0.05, 0) is 55.9 Å². The molecule has 0 unspecified atom stereocenters. The Hall–Kier alpha value is -1.24. The van der Waals surface area contributed by atoms with Crippen molar-refractivity contribution in [3.8, 4) is 0 Å². The van der Waals surface area contributed by atoms with Gasteiger partial charge in [-0.15, -0.1) is 11.3 Å². The molecule has 0 saturated carbocycles. The van der Waals surface area contributed by atoms with E-state index >= 15 is 0 Å². The van der Waals surface area contributed by atoms with Crippen LogP contribution in [-0.4, -0.2) is 13.4 Å². The van der Waals surface area contributed by atoms with Crippen LogP contribution in [0.1, 0.15) is 33.9 Å². The minimum Gasteiger partial charge on any atom is -0.248 e. The molecule has 0 saturated heterocycles. The third-order valence-electron chi connectivity index (χ3n) is 3.71. The zero-order valence-corrected chi connectivity index (χ0v) is 13.6. The van der Waals surface area contributed by atoms with Gasteiger partial charge in [0.2, 0.25) is 10.0 Å². The number of hydrogen-bond donors (Lipinski definition) is 1. The molecule has 1 heterocycles. The van der Waals surface area contributed by atoms with Crippen LogP contribution >= 0.6 is 11.3 Å². The molecule has 0 atom stereocenters. The number of benzene rings is 1. The van der Waals surface area contributed by atoms with Gasteiger partial charge in [-0.2, -0.15) is 0 Å². The Morgan fingerprint density at radius 3 is 2.71 bits per heavy atom. The van der Waals surface area contributed by atoms with Crippen LogP contribution in [0.15, 0.2) is 29.3 Å². The molecule has 1 N–H and O–H groups in total. The molecule has 1 aromatic carbocycles. The van der Waals surface area contributed by atoms with Crippen molar-refractivity contribution in [1.29, 1.82) is 0 Å². The van der Waals surface area contributed by atoms with Gasteiger partial charge in [0.1, 0.15) is 5.01 Å². The second-order valence-electron chi connectivity index (χ2n) is 5.33. The Morgan fingerprint density at radius 2 is 2.00 bits per heavy atom. The van der Waals surface area contributed by atoms with Crippen molar-refractivity contribution in [3.63, 3.8) is 0 Å². The van der Waals surface area contributed by atoms with Crippen LogP contribution in [0.5, 0.6) is 0 Å². The normalized spacial score (nSPS) is 14.9. The average molecular weight is 322 g/mol. The van der Waals surface area contributed by atoms with Crippen molar-refractivity contribution in [2.75, 3.05) is 0 Å². The molecule has 1 aliphatic carbocycles. The first-order valence-electron chi connectivity index (χ1n) is 7.07. The zero-order valence-electron chi connectivity index (χ0n) is 11.9. The van der Waals surface area contributed by atoms with E-state index in [0.29, 0.717) is 4.90 Å². The Morgan fingerprint density at radius 1 is 1.24 bits per heavy atom. The van der Waals surface area contributed by atoms with Crippen molar-refractivity contribution in [2.45, 2.75) is 44.0 Å². The first-order valence-corrected chi connectivity index (χ1v) is 9.37. The Labute approximate surface area is 129 Å². The van der Waals surface area contributed by atoms with E-state index in [1.807, 2.05) is 19.1 Å². The summed E-state index contributed by atoms with van der Waals surface area (Å²) < 4.78 is 27.4. The van der Waals surface area contributed by atoms with E-state index < -0.39 is 10.0 Å². The number of hydrogen-bond acceptors (Lipinski definition) is 4. The third kappa shape index (κ3) is 3.33. The molecule has 0 bridgehead atoms. The van der Waals surface area contributed by atoms with Crippen molar-refractivity contribution in [3.05, 3.63) is 45.4 Å². The van der Waals surface area contributed by atoms with Crippen LogP contribution in [0.4, 0.5) is 0 Å². The highest BCUT2D eigenvalue weighted by Crippen LogP contribution is 2.24. The first kappa shape index (κ1) is 14.7. The minimum absolute atomic E-state index is 0.248. The van der Waals surface area contributed by atoms with Gasteiger partial charge in [0, 0.05) is 11.1 Å². The van der Waals surface area contributed by atoms with Crippen LogP contribution in [-0.2, 0) is 29.4 Å². The molecular formula is C15H18N2O2S2. The molecule has 0 fully saturated rings. The zero-order chi connectivity index (χ0) is 14.9. The van der Waals surface area contributed by atoms with Crippen LogP contribution < -0.4 is 4.72 Å². The van der Waals surface area contributed by atoms with Gasteiger partial charge < -0.3 is 0 Å². The number of nitrogens with zero attached hydrogens (tertiary/aromatic N) is 1. The average Bonchev–Trinajstić information content (AvgIpc) is 2.90. The van der Waals surface area contributed by atoms with Crippen molar-refractivity contribution in [2.24, 2.45) is 0 Å². The quantitative estimate of drug-likeness (QED) is 0.941. The summed E-state index contributed by atoms with van der Waals surface area (Å²) in [7, 11) is -3.47. The molecule has 0 radical (unpaired) electrons. The molecule has 112 valence electrons. The monoisotopic (exact) mass is 322 g/mol. The summed E-state index contributed by atoms with van der Waals surface area (Å²) in [4.78, 5) is 5.61. The van der Waals surface area contributed by atoms with Crippen LogP contribution in [0.2, 0.25) is 0 Å². The molecule has 1 aromatic heterocycles. The highest BCUT2D eigenvalue weighted by atomic mass is 32.2. The molecule has 4 nitrogen and oxygen atoms in total. The topological polar surface area (TPSA) is 59.1 Å². The Bertz CT molecular complexity index is 751. The van der Waals surface area contributed by atoms with E-state index in [1.165, 1.54) is 28.9 Å². The largest absolute Gasteiger partial charge is 0.248 e. The number of rotatable bonds is 4. The Kier molecular flexibility index (Phi) is 4.10. The summed E-state index contributed by atoms with van der Waals surface area (Å²) in [6, 6.07) is 5.49. The van der Waals surface area contributed by atoms with Crippen LogP contribution in [0.25, 0.3) is 0 Å². The maximum absolute atomic E-state index is 12.4.